The quantitative estimate of drug-likeness (QED) is 0.775. The number of hydrogen-bond acceptors (Lipinski definition) is 2. The molecule has 1 amide bonds. The highest BCUT2D eigenvalue weighted by Crippen LogP contribution is 2.35. The third-order valence-electron chi connectivity index (χ3n) is 4.84. The Labute approximate surface area is 148 Å². The number of rotatable bonds is 4. The predicted octanol–water partition coefficient (Wildman–Crippen LogP) is 4.25. The van der Waals surface area contributed by atoms with Crippen LogP contribution in [0.5, 0.6) is 0 Å². The van der Waals surface area contributed by atoms with Crippen molar-refractivity contribution in [2.75, 3.05) is 19.4 Å². The van der Waals surface area contributed by atoms with Gasteiger partial charge in [0.15, 0.2) is 0 Å². The summed E-state index contributed by atoms with van der Waals surface area (Å²) in [6.07, 6.45) is 2.19. The van der Waals surface area contributed by atoms with E-state index in [0.717, 1.165) is 30.5 Å². The average molecular weight is 330 g/mol. The van der Waals surface area contributed by atoms with Crippen LogP contribution in [0.4, 0.5) is 5.69 Å². The highest BCUT2D eigenvalue weighted by molar-refractivity contribution is 6.10. The van der Waals surface area contributed by atoms with E-state index in [0.29, 0.717) is 5.56 Å². The molecule has 0 fully saturated rings. The van der Waals surface area contributed by atoms with E-state index in [-0.39, 0.29) is 5.91 Å². The van der Waals surface area contributed by atoms with Gasteiger partial charge in [0.05, 0.1) is 0 Å². The van der Waals surface area contributed by atoms with Gasteiger partial charge in [-0.05, 0) is 67.2 Å². The molecule has 0 atom stereocenters. The molecule has 0 unspecified atom stereocenters. The number of hydrogen-bond donors (Lipinski definition) is 1. The largest absolute Gasteiger partial charge is 0.321 e. The Morgan fingerprint density at radius 2 is 1.68 bits per heavy atom. The van der Waals surface area contributed by atoms with Crippen LogP contribution in [0.15, 0.2) is 54.6 Å². The third-order valence-corrected chi connectivity index (χ3v) is 4.84. The van der Waals surface area contributed by atoms with Crippen molar-refractivity contribution < 1.29 is 4.79 Å². The van der Waals surface area contributed by atoms with Crippen LogP contribution in [0, 0.1) is 0 Å². The molecule has 0 heterocycles. The second-order valence-corrected chi connectivity index (χ2v) is 7.00. The summed E-state index contributed by atoms with van der Waals surface area (Å²) in [5.74, 6) is -0.0601. The fourth-order valence-electron chi connectivity index (χ4n) is 3.68. The zero-order chi connectivity index (χ0) is 17.4. The van der Waals surface area contributed by atoms with Gasteiger partial charge >= 0.3 is 0 Å². The fraction of sp³-hybridized carbons (Fsp3) is 0.227. The predicted molar refractivity (Wildman–Crippen MR) is 103 cm³/mol. The molecule has 1 aliphatic carbocycles. The summed E-state index contributed by atoms with van der Waals surface area (Å²) in [4.78, 5) is 14.8. The van der Waals surface area contributed by atoms with E-state index in [1.165, 1.54) is 22.1 Å². The molecule has 3 aromatic rings. The lowest BCUT2D eigenvalue weighted by Gasteiger charge is -2.12. The second-order valence-electron chi connectivity index (χ2n) is 7.00. The van der Waals surface area contributed by atoms with Crippen molar-refractivity contribution in [3.63, 3.8) is 0 Å². The Hall–Kier alpha value is -2.65. The summed E-state index contributed by atoms with van der Waals surface area (Å²) in [7, 11) is 4.08. The third kappa shape index (κ3) is 3.03. The number of aryl methyl sites for hydroxylation is 2. The van der Waals surface area contributed by atoms with Crippen molar-refractivity contribution >= 4 is 22.4 Å². The van der Waals surface area contributed by atoms with Crippen LogP contribution in [-0.2, 0) is 19.4 Å². The average Bonchev–Trinajstić information content (AvgIpc) is 3.02. The summed E-state index contributed by atoms with van der Waals surface area (Å²) >= 11 is 0. The van der Waals surface area contributed by atoms with Crippen LogP contribution in [0.3, 0.4) is 0 Å². The molecule has 1 N–H and O–H groups in total. The number of benzene rings is 3. The summed E-state index contributed by atoms with van der Waals surface area (Å²) in [5, 5.41) is 5.56. The van der Waals surface area contributed by atoms with E-state index >= 15 is 0 Å². The maximum absolute atomic E-state index is 12.7. The van der Waals surface area contributed by atoms with E-state index in [9.17, 15) is 4.79 Å². The van der Waals surface area contributed by atoms with E-state index in [1.807, 2.05) is 44.4 Å². The van der Waals surface area contributed by atoms with Gasteiger partial charge in [0, 0.05) is 23.2 Å². The molecule has 3 aromatic carbocycles. The monoisotopic (exact) mass is 330 g/mol. The molecule has 0 bridgehead atoms. The van der Waals surface area contributed by atoms with Crippen LogP contribution in [0.1, 0.15) is 27.0 Å². The highest BCUT2D eigenvalue weighted by Gasteiger charge is 2.17. The molecule has 0 radical (unpaired) electrons. The van der Waals surface area contributed by atoms with Gasteiger partial charge in [-0.2, -0.15) is 0 Å². The fourth-order valence-corrected chi connectivity index (χ4v) is 3.68. The molecule has 25 heavy (non-hydrogen) atoms. The molecule has 4 rings (SSSR count). The lowest BCUT2D eigenvalue weighted by molar-refractivity contribution is 0.102. The van der Waals surface area contributed by atoms with Crippen molar-refractivity contribution in [1.82, 2.24) is 4.90 Å². The molecule has 126 valence electrons. The van der Waals surface area contributed by atoms with Crippen molar-refractivity contribution in [2.45, 2.75) is 19.4 Å². The van der Waals surface area contributed by atoms with Gasteiger partial charge in [-0.1, -0.05) is 36.4 Å². The number of anilines is 1. The Balaban J connectivity index is 1.60. The summed E-state index contributed by atoms with van der Waals surface area (Å²) in [5.41, 5.74) is 5.55. The van der Waals surface area contributed by atoms with Gasteiger partial charge in [-0.15, -0.1) is 0 Å². The van der Waals surface area contributed by atoms with Gasteiger partial charge in [-0.3, -0.25) is 4.79 Å². The summed E-state index contributed by atoms with van der Waals surface area (Å²) in [6, 6.07) is 18.4. The van der Waals surface area contributed by atoms with Crippen LogP contribution in [0.2, 0.25) is 0 Å². The molecule has 0 saturated carbocycles. The minimum atomic E-state index is -0.0601. The molecular formula is C22H22N2O. The van der Waals surface area contributed by atoms with Gasteiger partial charge in [0.25, 0.3) is 5.91 Å². The Bertz CT molecular complexity index is 932. The van der Waals surface area contributed by atoms with Gasteiger partial charge in [-0.25, -0.2) is 0 Å². The molecular weight excluding hydrogens is 308 g/mol. The Morgan fingerprint density at radius 1 is 0.960 bits per heavy atom. The molecule has 0 spiro atoms. The van der Waals surface area contributed by atoms with E-state index in [1.54, 1.807) is 0 Å². The summed E-state index contributed by atoms with van der Waals surface area (Å²) in [6.45, 7) is 0.872. The summed E-state index contributed by atoms with van der Waals surface area (Å²) < 4.78 is 0. The number of nitrogens with one attached hydrogen (secondary N) is 1. The van der Waals surface area contributed by atoms with Crippen molar-refractivity contribution in [2.24, 2.45) is 0 Å². The Morgan fingerprint density at radius 3 is 2.40 bits per heavy atom. The maximum Gasteiger partial charge on any atom is 0.255 e. The number of nitrogens with zero attached hydrogens (tertiary/aromatic N) is 1. The molecule has 3 nitrogen and oxygen atoms in total. The standard InChI is InChI=1S/C22H22N2O/c1-24(2)14-15-6-8-18(9-7-15)22(25)23-20-13-12-17-11-10-16-4-3-5-19(20)21(16)17/h3-9,12-13H,10-11,14H2,1-2H3,(H,23,25). The molecule has 0 aliphatic heterocycles. The van der Waals surface area contributed by atoms with Crippen LogP contribution in [-0.4, -0.2) is 24.9 Å². The first kappa shape index (κ1) is 15.9. The first-order valence-corrected chi connectivity index (χ1v) is 8.70. The van der Waals surface area contributed by atoms with Gasteiger partial charge in [0.2, 0.25) is 0 Å². The van der Waals surface area contributed by atoms with Crippen molar-refractivity contribution in [3.05, 3.63) is 76.9 Å². The topological polar surface area (TPSA) is 32.3 Å². The molecule has 1 aliphatic rings. The molecule has 0 aromatic heterocycles. The van der Waals surface area contributed by atoms with Crippen LogP contribution >= 0.6 is 0 Å². The highest BCUT2D eigenvalue weighted by atomic mass is 16.1. The zero-order valence-electron chi connectivity index (χ0n) is 14.7. The first-order chi connectivity index (χ1) is 12.1. The minimum Gasteiger partial charge on any atom is -0.321 e. The van der Waals surface area contributed by atoms with Gasteiger partial charge in [0.1, 0.15) is 0 Å². The number of amides is 1. The number of carbonyl (C=O) groups excluding carboxylic acids is 1. The van der Waals surface area contributed by atoms with E-state index < -0.39 is 0 Å². The lowest BCUT2D eigenvalue weighted by Crippen LogP contribution is -2.13. The Kier molecular flexibility index (Phi) is 4.02. The first-order valence-electron chi connectivity index (χ1n) is 8.70. The van der Waals surface area contributed by atoms with E-state index in [2.05, 4.69) is 34.5 Å². The SMILES string of the molecule is CN(C)Cc1ccc(C(=O)Nc2ccc3c4c(cccc24)CC3)cc1. The zero-order valence-corrected chi connectivity index (χ0v) is 14.7. The van der Waals surface area contributed by atoms with Crippen molar-refractivity contribution in [3.8, 4) is 0 Å². The number of carbonyl (C=O) groups is 1. The molecule has 0 saturated heterocycles. The van der Waals surface area contributed by atoms with Crippen LogP contribution in [0.25, 0.3) is 10.8 Å². The molecule has 3 heteroatoms. The lowest BCUT2D eigenvalue weighted by atomic mass is 10.0. The van der Waals surface area contributed by atoms with Gasteiger partial charge < -0.3 is 10.2 Å². The van der Waals surface area contributed by atoms with E-state index in [4.69, 9.17) is 0 Å². The normalized spacial score (nSPS) is 12.8. The smallest absolute Gasteiger partial charge is 0.255 e. The minimum absolute atomic E-state index is 0.0601. The van der Waals surface area contributed by atoms with Crippen molar-refractivity contribution in [1.29, 1.82) is 0 Å². The van der Waals surface area contributed by atoms with Crippen LogP contribution < -0.4 is 5.32 Å². The second kappa shape index (κ2) is 6.34. The maximum atomic E-state index is 12.7.